The van der Waals surface area contributed by atoms with Crippen LogP contribution in [0.3, 0.4) is 0 Å². The van der Waals surface area contributed by atoms with Gasteiger partial charge in [0.2, 0.25) is 0 Å². The number of hydrogen-bond donors (Lipinski definition) is 1. The van der Waals surface area contributed by atoms with Crippen molar-refractivity contribution in [2.45, 2.75) is 26.3 Å². The van der Waals surface area contributed by atoms with E-state index in [1.807, 2.05) is 13.0 Å². The molecule has 0 aliphatic heterocycles. The molecular formula is C13H16BrN. The van der Waals surface area contributed by atoms with E-state index in [0.717, 1.165) is 17.4 Å². The summed E-state index contributed by atoms with van der Waals surface area (Å²) >= 11 is 3.55. The summed E-state index contributed by atoms with van der Waals surface area (Å²) < 4.78 is 1.16. The minimum Gasteiger partial charge on any atom is -0.309 e. The summed E-state index contributed by atoms with van der Waals surface area (Å²) in [5.74, 6) is 5.94. The molecule has 0 spiro atoms. The molecule has 1 N–H and O–H groups in total. The van der Waals surface area contributed by atoms with Gasteiger partial charge >= 0.3 is 0 Å². The number of halogens is 1. The third-order valence-corrected chi connectivity index (χ3v) is 2.97. The molecule has 1 atom stereocenters. The van der Waals surface area contributed by atoms with Crippen molar-refractivity contribution in [3.05, 3.63) is 34.3 Å². The summed E-state index contributed by atoms with van der Waals surface area (Å²) in [4.78, 5) is 0. The summed E-state index contributed by atoms with van der Waals surface area (Å²) in [6, 6.07) is 8.65. The maximum Gasteiger partial charge on any atom is 0.0303 e. The van der Waals surface area contributed by atoms with Crippen LogP contribution in [0, 0.1) is 11.8 Å². The topological polar surface area (TPSA) is 12.0 Å². The molecule has 0 aliphatic rings. The van der Waals surface area contributed by atoms with Gasteiger partial charge in [-0.15, -0.1) is 11.8 Å². The van der Waals surface area contributed by atoms with Gasteiger partial charge in [-0.2, -0.15) is 0 Å². The molecule has 1 rings (SSSR count). The lowest BCUT2D eigenvalue weighted by atomic mass is 10.1. The molecule has 0 aliphatic carbocycles. The summed E-state index contributed by atoms with van der Waals surface area (Å²) in [6.45, 7) is 4.97. The zero-order chi connectivity index (χ0) is 11.1. The second kappa shape index (κ2) is 6.66. The van der Waals surface area contributed by atoms with Gasteiger partial charge in [-0.05, 0) is 25.5 Å². The van der Waals surface area contributed by atoms with E-state index in [1.54, 1.807) is 0 Å². The van der Waals surface area contributed by atoms with Crippen molar-refractivity contribution >= 4 is 15.9 Å². The molecule has 0 bridgehead atoms. The Kier molecular flexibility index (Phi) is 5.45. The minimum absolute atomic E-state index is 0.360. The van der Waals surface area contributed by atoms with E-state index in [9.17, 15) is 0 Å². The molecule has 15 heavy (non-hydrogen) atoms. The van der Waals surface area contributed by atoms with E-state index in [2.05, 4.69) is 58.2 Å². The molecule has 0 radical (unpaired) electrons. The quantitative estimate of drug-likeness (QED) is 0.649. The normalized spacial score (nSPS) is 11.7. The molecule has 1 nitrogen and oxygen atoms in total. The summed E-state index contributed by atoms with van der Waals surface area (Å²) in [7, 11) is 0. The molecule has 2 heteroatoms. The highest BCUT2D eigenvalue weighted by molar-refractivity contribution is 9.10. The highest BCUT2D eigenvalue weighted by Gasteiger charge is 2.06. The van der Waals surface area contributed by atoms with Crippen molar-refractivity contribution in [2.24, 2.45) is 0 Å². The SMILES string of the molecule is CC#CCCN[C@H](C)c1ccccc1Br. The van der Waals surface area contributed by atoms with Crippen LogP contribution in [0.5, 0.6) is 0 Å². The molecule has 0 unspecified atom stereocenters. The van der Waals surface area contributed by atoms with Gasteiger partial charge in [-0.3, -0.25) is 0 Å². The standard InChI is InChI=1S/C13H16BrN/c1-3-4-7-10-15-11(2)12-8-5-6-9-13(12)14/h5-6,8-9,11,15H,7,10H2,1-2H3/t11-/m1/s1. The van der Waals surface area contributed by atoms with E-state index in [4.69, 9.17) is 0 Å². The predicted octanol–water partition coefficient (Wildman–Crippen LogP) is 3.51. The first-order chi connectivity index (χ1) is 7.25. The fourth-order valence-corrected chi connectivity index (χ4v) is 2.04. The maximum absolute atomic E-state index is 3.55. The molecule has 0 saturated carbocycles. The van der Waals surface area contributed by atoms with Gasteiger partial charge in [0.15, 0.2) is 0 Å². The Hall–Kier alpha value is -0.780. The summed E-state index contributed by atoms with van der Waals surface area (Å²) in [5.41, 5.74) is 1.29. The predicted molar refractivity (Wildman–Crippen MR) is 68.6 cm³/mol. The molecule has 0 fully saturated rings. The molecule has 1 aromatic carbocycles. The Bertz CT molecular complexity index is 362. The van der Waals surface area contributed by atoms with Gasteiger partial charge in [0.1, 0.15) is 0 Å². The lowest BCUT2D eigenvalue weighted by Crippen LogP contribution is -2.19. The average Bonchev–Trinajstić information content (AvgIpc) is 2.25. The lowest BCUT2D eigenvalue weighted by Gasteiger charge is -2.14. The second-order valence-electron chi connectivity index (χ2n) is 3.37. The van der Waals surface area contributed by atoms with Gasteiger partial charge in [0.05, 0.1) is 0 Å². The second-order valence-corrected chi connectivity index (χ2v) is 4.23. The first-order valence-electron chi connectivity index (χ1n) is 5.13. The number of rotatable bonds is 4. The van der Waals surface area contributed by atoms with Crippen LogP contribution in [0.4, 0.5) is 0 Å². The van der Waals surface area contributed by atoms with Crippen molar-refractivity contribution in [3.8, 4) is 11.8 Å². The zero-order valence-electron chi connectivity index (χ0n) is 9.18. The third kappa shape index (κ3) is 4.07. The molecule has 0 aromatic heterocycles. The maximum atomic E-state index is 3.55. The van der Waals surface area contributed by atoms with E-state index < -0.39 is 0 Å². The van der Waals surface area contributed by atoms with Crippen LogP contribution in [0.2, 0.25) is 0 Å². The molecule has 0 heterocycles. The fraction of sp³-hybridized carbons (Fsp3) is 0.385. The van der Waals surface area contributed by atoms with E-state index in [1.165, 1.54) is 5.56 Å². The van der Waals surface area contributed by atoms with Crippen LogP contribution in [0.25, 0.3) is 0 Å². The summed E-state index contributed by atoms with van der Waals surface area (Å²) in [6.07, 6.45) is 0.908. The molecule has 0 amide bonds. The zero-order valence-corrected chi connectivity index (χ0v) is 10.8. The minimum atomic E-state index is 0.360. The van der Waals surface area contributed by atoms with Crippen LogP contribution >= 0.6 is 15.9 Å². The Morgan fingerprint density at radius 2 is 2.13 bits per heavy atom. The van der Waals surface area contributed by atoms with Gasteiger partial charge in [0.25, 0.3) is 0 Å². The van der Waals surface area contributed by atoms with Crippen LogP contribution in [-0.4, -0.2) is 6.54 Å². The monoisotopic (exact) mass is 265 g/mol. The number of nitrogens with one attached hydrogen (secondary N) is 1. The highest BCUT2D eigenvalue weighted by atomic mass is 79.9. The van der Waals surface area contributed by atoms with Crippen molar-refractivity contribution in [1.82, 2.24) is 5.32 Å². The van der Waals surface area contributed by atoms with Crippen LogP contribution in [0.15, 0.2) is 28.7 Å². The molecule has 1 aromatic rings. The average molecular weight is 266 g/mol. The van der Waals surface area contributed by atoms with Gasteiger partial charge < -0.3 is 5.32 Å². The fourth-order valence-electron chi connectivity index (χ4n) is 1.41. The lowest BCUT2D eigenvalue weighted by molar-refractivity contribution is 0.582. The van der Waals surface area contributed by atoms with Crippen LogP contribution in [0.1, 0.15) is 31.9 Å². The van der Waals surface area contributed by atoms with Gasteiger partial charge in [-0.1, -0.05) is 34.1 Å². The Balaban J connectivity index is 2.49. The Labute approximate surface area is 100 Å². The number of benzene rings is 1. The molecule has 80 valence electrons. The van der Waals surface area contributed by atoms with E-state index in [0.29, 0.717) is 6.04 Å². The Morgan fingerprint density at radius 3 is 2.80 bits per heavy atom. The smallest absolute Gasteiger partial charge is 0.0303 e. The van der Waals surface area contributed by atoms with Crippen molar-refractivity contribution in [3.63, 3.8) is 0 Å². The Morgan fingerprint density at radius 1 is 1.40 bits per heavy atom. The molecular weight excluding hydrogens is 250 g/mol. The van der Waals surface area contributed by atoms with Crippen LogP contribution in [-0.2, 0) is 0 Å². The molecule has 0 saturated heterocycles. The number of hydrogen-bond acceptors (Lipinski definition) is 1. The third-order valence-electron chi connectivity index (χ3n) is 2.25. The van der Waals surface area contributed by atoms with E-state index >= 15 is 0 Å². The van der Waals surface area contributed by atoms with Crippen molar-refractivity contribution in [1.29, 1.82) is 0 Å². The largest absolute Gasteiger partial charge is 0.309 e. The van der Waals surface area contributed by atoms with Crippen molar-refractivity contribution < 1.29 is 0 Å². The van der Waals surface area contributed by atoms with Gasteiger partial charge in [0, 0.05) is 23.5 Å². The van der Waals surface area contributed by atoms with Crippen LogP contribution < -0.4 is 5.32 Å². The van der Waals surface area contributed by atoms with E-state index in [-0.39, 0.29) is 0 Å². The summed E-state index contributed by atoms with van der Waals surface area (Å²) in [5, 5.41) is 3.44. The van der Waals surface area contributed by atoms with Gasteiger partial charge in [-0.25, -0.2) is 0 Å². The first kappa shape index (κ1) is 12.3. The van der Waals surface area contributed by atoms with Crippen molar-refractivity contribution in [2.75, 3.05) is 6.54 Å². The highest BCUT2D eigenvalue weighted by Crippen LogP contribution is 2.22. The first-order valence-corrected chi connectivity index (χ1v) is 5.92.